The topological polar surface area (TPSA) is 75.4 Å². The highest BCUT2D eigenvalue weighted by Gasteiger charge is 2.31. The molecule has 6 nitrogen and oxygen atoms in total. The summed E-state index contributed by atoms with van der Waals surface area (Å²) in [6, 6.07) is 7.05. The van der Waals surface area contributed by atoms with Crippen LogP contribution in [0.1, 0.15) is 44.2 Å². The van der Waals surface area contributed by atoms with Crippen molar-refractivity contribution < 1.29 is 9.18 Å². The summed E-state index contributed by atoms with van der Waals surface area (Å²) in [4.78, 5) is 24.8. The summed E-state index contributed by atoms with van der Waals surface area (Å²) in [6.07, 6.45) is 5.85. The number of likely N-dealkylation sites (tertiary alicyclic amines) is 2. The largest absolute Gasteiger partial charge is 0.368 e. The van der Waals surface area contributed by atoms with Gasteiger partial charge < -0.3 is 10.6 Å². The van der Waals surface area contributed by atoms with Gasteiger partial charge in [0.2, 0.25) is 11.9 Å². The van der Waals surface area contributed by atoms with Crippen molar-refractivity contribution in [2.45, 2.75) is 44.6 Å². The molecule has 2 N–H and O–H groups in total. The molecule has 2 aromatic rings. The highest BCUT2D eigenvalue weighted by molar-refractivity contribution is 5.73. The van der Waals surface area contributed by atoms with Gasteiger partial charge in [-0.1, -0.05) is 12.1 Å². The third kappa shape index (κ3) is 4.40. The fraction of sp³-hybridized carbons (Fsp3) is 0.500. The van der Waals surface area contributed by atoms with Crippen molar-refractivity contribution in [3.05, 3.63) is 42.0 Å². The fourth-order valence-electron chi connectivity index (χ4n) is 4.71. The predicted molar refractivity (Wildman–Crippen MR) is 111 cm³/mol. The minimum absolute atomic E-state index is 0.163. The van der Waals surface area contributed by atoms with Gasteiger partial charge in [-0.2, -0.15) is 0 Å². The van der Waals surface area contributed by atoms with E-state index in [4.69, 9.17) is 5.73 Å². The van der Waals surface area contributed by atoms with Crippen molar-refractivity contribution in [3.8, 4) is 11.1 Å². The number of aromatic nitrogens is 2. The molecule has 2 aliphatic heterocycles. The van der Waals surface area contributed by atoms with Gasteiger partial charge >= 0.3 is 0 Å². The fourth-order valence-corrected chi connectivity index (χ4v) is 4.71. The van der Waals surface area contributed by atoms with E-state index >= 15 is 0 Å². The van der Waals surface area contributed by atoms with Crippen LogP contribution in [0.2, 0.25) is 0 Å². The third-order valence-electron chi connectivity index (χ3n) is 6.24. The molecule has 4 rings (SSSR count). The van der Waals surface area contributed by atoms with Crippen molar-refractivity contribution in [1.29, 1.82) is 0 Å². The zero-order valence-corrected chi connectivity index (χ0v) is 16.9. The van der Waals surface area contributed by atoms with E-state index in [1.165, 1.54) is 12.1 Å². The summed E-state index contributed by atoms with van der Waals surface area (Å²) in [5.74, 6) is 0.383. The lowest BCUT2D eigenvalue weighted by Gasteiger charge is -2.42. The van der Waals surface area contributed by atoms with Gasteiger partial charge in [-0.05, 0) is 49.9 Å². The maximum atomic E-state index is 13.8. The molecule has 1 atom stereocenters. The van der Waals surface area contributed by atoms with Crippen molar-refractivity contribution in [1.82, 2.24) is 19.8 Å². The second-order valence-corrected chi connectivity index (χ2v) is 8.11. The van der Waals surface area contributed by atoms with E-state index in [0.717, 1.165) is 68.7 Å². The summed E-state index contributed by atoms with van der Waals surface area (Å²) >= 11 is 0. The molecule has 1 aromatic carbocycles. The summed E-state index contributed by atoms with van der Waals surface area (Å²) in [6.45, 7) is 5.28. The molecular formula is C22H28FN5O. The molecule has 1 aromatic heterocycles. The number of hydrogen-bond acceptors (Lipinski definition) is 5. The van der Waals surface area contributed by atoms with Gasteiger partial charge in [0.15, 0.2) is 0 Å². The zero-order valence-electron chi connectivity index (χ0n) is 16.9. The van der Waals surface area contributed by atoms with E-state index in [1.54, 1.807) is 19.2 Å². The molecular weight excluding hydrogens is 369 g/mol. The lowest BCUT2D eigenvalue weighted by molar-refractivity contribution is -0.130. The number of amides is 1. The molecule has 0 saturated carbocycles. The van der Waals surface area contributed by atoms with Crippen LogP contribution in [0.15, 0.2) is 30.5 Å². The Morgan fingerprint density at radius 1 is 1.21 bits per heavy atom. The number of carbonyl (C=O) groups excluding carboxylic acids is 1. The molecule has 2 saturated heterocycles. The van der Waals surface area contributed by atoms with Gasteiger partial charge in [0.05, 0.1) is 5.69 Å². The Kier molecular flexibility index (Phi) is 5.76. The molecule has 2 fully saturated rings. The summed E-state index contributed by atoms with van der Waals surface area (Å²) < 4.78 is 13.8. The quantitative estimate of drug-likeness (QED) is 0.862. The molecule has 0 spiro atoms. The first kappa shape index (κ1) is 19.8. The first-order chi connectivity index (χ1) is 14.0. The smallest absolute Gasteiger partial charge is 0.220 e. The maximum absolute atomic E-state index is 13.8. The number of carbonyl (C=O) groups is 1. The SMILES string of the molecule is CC(=O)N1CCC(N2CCCC(c3nc(N)ncc3-c3cccc(F)c3)C2)CC1. The second kappa shape index (κ2) is 8.45. The molecule has 29 heavy (non-hydrogen) atoms. The highest BCUT2D eigenvalue weighted by Crippen LogP contribution is 2.35. The molecule has 154 valence electrons. The number of benzene rings is 1. The number of nitrogen functional groups attached to an aromatic ring is 1. The monoisotopic (exact) mass is 397 g/mol. The van der Waals surface area contributed by atoms with E-state index in [2.05, 4.69) is 14.9 Å². The molecule has 7 heteroatoms. The van der Waals surface area contributed by atoms with Gasteiger partial charge in [-0.25, -0.2) is 14.4 Å². The number of rotatable bonds is 3. The molecule has 0 radical (unpaired) electrons. The minimum Gasteiger partial charge on any atom is -0.368 e. The Balaban J connectivity index is 1.54. The van der Waals surface area contributed by atoms with Gasteiger partial charge in [0, 0.05) is 50.3 Å². The van der Waals surface area contributed by atoms with Gasteiger partial charge in [0.25, 0.3) is 0 Å². The number of hydrogen-bond donors (Lipinski definition) is 1. The van der Waals surface area contributed by atoms with Crippen LogP contribution in [-0.4, -0.2) is 57.9 Å². The molecule has 0 aliphatic carbocycles. The maximum Gasteiger partial charge on any atom is 0.220 e. The second-order valence-electron chi connectivity index (χ2n) is 8.11. The average Bonchev–Trinajstić information content (AvgIpc) is 2.74. The first-order valence-electron chi connectivity index (χ1n) is 10.4. The van der Waals surface area contributed by atoms with Crippen LogP contribution in [0.25, 0.3) is 11.1 Å². The van der Waals surface area contributed by atoms with Crippen molar-refractivity contribution in [2.75, 3.05) is 31.9 Å². The first-order valence-corrected chi connectivity index (χ1v) is 10.4. The van der Waals surface area contributed by atoms with Crippen LogP contribution in [-0.2, 0) is 4.79 Å². The Morgan fingerprint density at radius 3 is 2.72 bits per heavy atom. The van der Waals surface area contributed by atoms with E-state index < -0.39 is 0 Å². The molecule has 2 aliphatic rings. The zero-order chi connectivity index (χ0) is 20.4. The lowest BCUT2D eigenvalue weighted by Crippen LogP contribution is -2.49. The van der Waals surface area contributed by atoms with Crippen LogP contribution in [0.5, 0.6) is 0 Å². The summed E-state index contributed by atoms with van der Waals surface area (Å²) in [5.41, 5.74) is 8.47. The Morgan fingerprint density at radius 2 is 2.00 bits per heavy atom. The van der Waals surface area contributed by atoms with E-state index in [-0.39, 0.29) is 23.6 Å². The van der Waals surface area contributed by atoms with Gasteiger partial charge in [-0.15, -0.1) is 0 Å². The van der Waals surface area contributed by atoms with Crippen molar-refractivity contribution >= 4 is 11.9 Å². The number of anilines is 1. The highest BCUT2D eigenvalue weighted by atomic mass is 19.1. The van der Waals surface area contributed by atoms with Gasteiger partial charge in [0.1, 0.15) is 5.82 Å². The van der Waals surface area contributed by atoms with E-state index in [1.807, 2.05) is 11.0 Å². The van der Waals surface area contributed by atoms with Crippen LogP contribution in [0.4, 0.5) is 10.3 Å². The Hall–Kier alpha value is -2.54. The molecule has 1 amide bonds. The number of halogens is 1. The lowest BCUT2D eigenvalue weighted by atomic mass is 9.88. The number of nitrogens with zero attached hydrogens (tertiary/aromatic N) is 4. The molecule has 1 unspecified atom stereocenters. The summed E-state index contributed by atoms with van der Waals surface area (Å²) in [7, 11) is 0. The van der Waals surface area contributed by atoms with Crippen molar-refractivity contribution in [3.63, 3.8) is 0 Å². The predicted octanol–water partition coefficient (Wildman–Crippen LogP) is 3.06. The van der Waals surface area contributed by atoms with Crippen LogP contribution in [0.3, 0.4) is 0 Å². The minimum atomic E-state index is -0.271. The van der Waals surface area contributed by atoms with Gasteiger partial charge in [-0.3, -0.25) is 9.69 Å². The summed E-state index contributed by atoms with van der Waals surface area (Å²) in [5, 5.41) is 0. The van der Waals surface area contributed by atoms with E-state index in [0.29, 0.717) is 6.04 Å². The number of piperidine rings is 2. The normalized spacial score (nSPS) is 21.3. The standard InChI is InChI=1S/C22H28FN5O/c1-15(29)27-10-7-19(8-11-27)28-9-3-5-17(14-28)21-20(13-25-22(24)26-21)16-4-2-6-18(23)12-16/h2,4,6,12-13,17,19H,3,5,7-11,14H2,1H3,(H2,24,25,26). The molecule has 0 bridgehead atoms. The Labute approximate surface area is 170 Å². The van der Waals surface area contributed by atoms with E-state index in [9.17, 15) is 9.18 Å². The van der Waals surface area contributed by atoms with Crippen LogP contribution in [0, 0.1) is 5.82 Å². The van der Waals surface area contributed by atoms with Crippen molar-refractivity contribution in [2.24, 2.45) is 0 Å². The Bertz CT molecular complexity index is 881. The average molecular weight is 397 g/mol. The van der Waals surface area contributed by atoms with Crippen LogP contribution >= 0.6 is 0 Å². The molecule has 3 heterocycles. The third-order valence-corrected chi connectivity index (χ3v) is 6.24. The van der Waals surface area contributed by atoms with Crippen LogP contribution < -0.4 is 5.73 Å². The number of nitrogens with two attached hydrogens (primary N) is 1.